The van der Waals surface area contributed by atoms with E-state index in [9.17, 15) is 9.18 Å². The maximum atomic E-state index is 13.0. The summed E-state index contributed by atoms with van der Waals surface area (Å²) >= 11 is 0. The molecule has 3 rings (SSSR count). The number of nitrogens with one attached hydrogen (secondary N) is 2. The minimum atomic E-state index is -0.313. The van der Waals surface area contributed by atoms with Gasteiger partial charge in [0.2, 0.25) is 0 Å². The van der Waals surface area contributed by atoms with E-state index in [1.807, 2.05) is 0 Å². The normalized spacial score (nSPS) is 21.1. The molecule has 3 nitrogen and oxygen atoms in total. The minimum absolute atomic E-state index is 0.0891. The lowest BCUT2D eigenvalue weighted by atomic mass is 9.88. The molecule has 0 bridgehead atoms. The van der Waals surface area contributed by atoms with E-state index in [0.29, 0.717) is 6.04 Å². The Morgan fingerprint density at radius 1 is 1.16 bits per heavy atom. The molecule has 0 atom stereocenters. The number of amides is 2. The first-order valence-corrected chi connectivity index (χ1v) is 7.03. The van der Waals surface area contributed by atoms with Crippen molar-refractivity contribution in [3.63, 3.8) is 0 Å². The lowest BCUT2D eigenvalue weighted by molar-refractivity contribution is 0.224. The van der Waals surface area contributed by atoms with Crippen LogP contribution in [0, 0.1) is 5.82 Å². The third-order valence-corrected chi connectivity index (χ3v) is 4.12. The fraction of sp³-hybridized carbons (Fsp3) is 0.533. The molecule has 0 aliphatic heterocycles. The number of urea groups is 1. The van der Waals surface area contributed by atoms with Crippen molar-refractivity contribution in [1.82, 2.24) is 10.6 Å². The Bertz CT molecular complexity index is 462. The van der Waals surface area contributed by atoms with Crippen LogP contribution in [0.5, 0.6) is 0 Å². The van der Waals surface area contributed by atoms with Gasteiger partial charge in [-0.3, -0.25) is 0 Å². The quantitative estimate of drug-likeness (QED) is 0.863. The van der Waals surface area contributed by atoms with Crippen molar-refractivity contribution in [3.05, 3.63) is 35.6 Å². The second-order valence-corrected chi connectivity index (χ2v) is 5.67. The molecular weight excluding hydrogens is 243 g/mol. The number of rotatable bonds is 3. The van der Waals surface area contributed by atoms with Crippen molar-refractivity contribution in [2.45, 2.75) is 50.1 Å². The summed E-state index contributed by atoms with van der Waals surface area (Å²) in [5.74, 6) is -0.237. The number of hydrogen-bond donors (Lipinski definition) is 2. The maximum absolute atomic E-state index is 13.0. The minimum Gasteiger partial charge on any atom is -0.335 e. The van der Waals surface area contributed by atoms with Crippen LogP contribution in [-0.2, 0) is 5.54 Å². The zero-order valence-electron chi connectivity index (χ0n) is 10.9. The molecule has 0 heterocycles. The van der Waals surface area contributed by atoms with Gasteiger partial charge in [0.25, 0.3) is 0 Å². The summed E-state index contributed by atoms with van der Waals surface area (Å²) in [7, 11) is 0. The predicted molar refractivity (Wildman–Crippen MR) is 71.2 cm³/mol. The van der Waals surface area contributed by atoms with Gasteiger partial charge in [-0.1, -0.05) is 25.0 Å². The molecular formula is C15H19FN2O. The van der Waals surface area contributed by atoms with Gasteiger partial charge in [0.05, 0.1) is 5.54 Å². The summed E-state index contributed by atoms with van der Waals surface area (Å²) in [5, 5.41) is 6.09. The van der Waals surface area contributed by atoms with E-state index in [2.05, 4.69) is 10.6 Å². The van der Waals surface area contributed by atoms with Crippen LogP contribution < -0.4 is 10.6 Å². The lowest BCUT2D eigenvalue weighted by Gasteiger charge is -2.31. The van der Waals surface area contributed by atoms with Gasteiger partial charge in [0.15, 0.2) is 0 Å². The van der Waals surface area contributed by atoms with Gasteiger partial charge in [-0.05, 0) is 43.4 Å². The average Bonchev–Trinajstić information content (AvgIpc) is 3.06. The molecule has 2 aliphatic rings. The summed E-state index contributed by atoms with van der Waals surface area (Å²) in [6, 6.07) is 6.78. The highest BCUT2D eigenvalue weighted by molar-refractivity contribution is 5.75. The fourth-order valence-electron chi connectivity index (χ4n) is 2.90. The molecule has 2 fully saturated rings. The third kappa shape index (κ3) is 2.72. The molecule has 2 saturated carbocycles. The third-order valence-electron chi connectivity index (χ3n) is 4.12. The molecule has 19 heavy (non-hydrogen) atoms. The first-order chi connectivity index (χ1) is 9.18. The molecule has 1 aromatic carbocycles. The molecule has 1 aromatic rings. The monoisotopic (exact) mass is 262 g/mol. The van der Waals surface area contributed by atoms with Crippen LogP contribution in [0.2, 0.25) is 0 Å². The van der Waals surface area contributed by atoms with Gasteiger partial charge in [-0.25, -0.2) is 9.18 Å². The van der Waals surface area contributed by atoms with Crippen LogP contribution >= 0.6 is 0 Å². The molecule has 0 spiro atoms. The Kier molecular flexibility index (Phi) is 3.17. The molecule has 0 unspecified atom stereocenters. The van der Waals surface area contributed by atoms with Gasteiger partial charge < -0.3 is 10.6 Å². The van der Waals surface area contributed by atoms with Gasteiger partial charge >= 0.3 is 6.03 Å². The van der Waals surface area contributed by atoms with E-state index < -0.39 is 0 Å². The summed E-state index contributed by atoms with van der Waals surface area (Å²) in [6.45, 7) is 0. The van der Waals surface area contributed by atoms with Crippen LogP contribution in [0.4, 0.5) is 9.18 Å². The smallest absolute Gasteiger partial charge is 0.315 e. The molecule has 0 saturated heterocycles. The second-order valence-electron chi connectivity index (χ2n) is 5.67. The standard InChI is InChI=1S/C15H19FN2O/c16-12-5-3-11(4-6-12)15(9-1-2-10-15)18-14(19)17-13-7-8-13/h3-6,13H,1-2,7-10H2,(H2,17,18,19). The number of hydrogen-bond acceptors (Lipinski definition) is 1. The highest BCUT2D eigenvalue weighted by Crippen LogP contribution is 2.38. The van der Waals surface area contributed by atoms with E-state index in [0.717, 1.165) is 44.1 Å². The molecule has 102 valence electrons. The summed E-state index contributed by atoms with van der Waals surface area (Å²) < 4.78 is 13.0. The summed E-state index contributed by atoms with van der Waals surface area (Å²) in [6.07, 6.45) is 6.21. The van der Waals surface area contributed by atoms with Gasteiger partial charge in [-0.2, -0.15) is 0 Å². The first-order valence-electron chi connectivity index (χ1n) is 7.03. The number of halogens is 1. The van der Waals surface area contributed by atoms with Crippen molar-refractivity contribution in [1.29, 1.82) is 0 Å². The van der Waals surface area contributed by atoms with E-state index in [4.69, 9.17) is 0 Å². The molecule has 2 aliphatic carbocycles. The molecule has 4 heteroatoms. The zero-order valence-corrected chi connectivity index (χ0v) is 10.9. The SMILES string of the molecule is O=C(NC1CC1)NC1(c2ccc(F)cc2)CCCC1. The van der Waals surface area contributed by atoms with Crippen molar-refractivity contribution >= 4 is 6.03 Å². The van der Waals surface area contributed by atoms with Crippen molar-refractivity contribution in [3.8, 4) is 0 Å². The fourth-order valence-corrected chi connectivity index (χ4v) is 2.90. The number of carbonyl (C=O) groups excluding carboxylic acids is 1. The molecule has 2 amide bonds. The van der Waals surface area contributed by atoms with E-state index in [1.54, 1.807) is 12.1 Å². The highest BCUT2D eigenvalue weighted by Gasteiger charge is 2.37. The molecule has 2 N–H and O–H groups in total. The van der Waals surface area contributed by atoms with Crippen LogP contribution in [0.3, 0.4) is 0 Å². The van der Waals surface area contributed by atoms with Gasteiger partial charge in [-0.15, -0.1) is 0 Å². The largest absolute Gasteiger partial charge is 0.335 e. The Morgan fingerprint density at radius 2 is 1.79 bits per heavy atom. The topological polar surface area (TPSA) is 41.1 Å². The lowest BCUT2D eigenvalue weighted by Crippen LogP contribution is -2.49. The second kappa shape index (κ2) is 4.83. The van der Waals surface area contributed by atoms with Crippen molar-refractivity contribution in [2.75, 3.05) is 0 Å². The zero-order chi connectivity index (χ0) is 13.3. The Morgan fingerprint density at radius 3 is 2.37 bits per heavy atom. The van der Waals surface area contributed by atoms with Gasteiger partial charge in [0.1, 0.15) is 5.82 Å². The average molecular weight is 262 g/mol. The summed E-state index contributed by atoms with van der Waals surface area (Å²) in [4.78, 5) is 12.0. The number of carbonyl (C=O) groups is 1. The molecule has 0 aromatic heterocycles. The first kappa shape index (κ1) is 12.5. The van der Waals surface area contributed by atoms with E-state index in [1.165, 1.54) is 12.1 Å². The van der Waals surface area contributed by atoms with Crippen LogP contribution in [0.15, 0.2) is 24.3 Å². The Balaban J connectivity index is 1.77. The van der Waals surface area contributed by atoms with Crippen LogP contribution in [-0.4, -0.2) is 12.1 Å². The predicted octanol–water partition coefficient (Wildman–Crippen LogP) is 3.06. The van der Waals surface area contributed by atoms with Crippen molar-refractivity contribution < 1.29 is 9.18 Å². The maximum Gasteiger partial charge on any atom is 0.315 e. The summed E-state index contributed by atoms with van der Waals surface area (Å²) in [5.41, 5.74) is 0.699. The van der Waals surface area contributed by atoms with E-state index >= 15 is 0 Å². The number of benzene rings is 1. The van der Waals surface area contributed by atoms with Crippen molar-refractivity contribution in [2.24, 2.45) is 0 Å². The molecule has 0 radical (unpaired) electrons. The van der Waals surface area contributed by atoms with E-state index in [-0.39, 0.29) is 17.4 Å². The Hall–Kier alpha value is -1.58. The highest BCUT2D eigenvalue weighted by atomic mass is 19.1. The van der Waals surface area contributed by atoms with Crippen LogP contribution in [0.1, 0.15) is 44.1 Å². The van der Waals surface area contributed by atoms with Gasteiger partial charge in [0, 0.05) is 6.04 Å². The van der Waals surface area contributed by atoms with Crippen LogP contribution in [0.25, 0.3) is 0 Å². The Labute approximate surface area is 112 Å².